The van der Waals surface area contributed by atoms with Crippen LogP contribution in [0.15, 0.2) is 48.5 Å². The van der Waals surface area contributed by atoms with E-state index in [9.17, 15) is 5.11 Å². The fourth-order valence-electron chi connectivity index (χ4n) is 1.83. The molecule has 0 saturated carbocycles. The number of aliphatic hydroxyl groups excluding tert-OH is 1. The topological polar surface area (TPSA) is 32.3 Å². The van der Waals surface area contributed by atoms with Crippen LogP contribution in [-0.4, -0.2) is 11.7 Å². The van der Waals surface area contributed by atoms with Crippen LogP contribution in [0.2, 0.25) is 10.0 Å². The largest absolute Gasteiger partial charge is 0.387 e. The van der Waals surface area contributed by atoms with Crippen molar-refractivity contribution in [3.8, 4) is 0 Å². The second-order valence-corrected chi connectivity index (χ2v) is 5.07. The molecule has 0 spiro atoms. The van der Waals surface area contributed by atoms with Crippen LogP contribution in [0, 0.1) is 0 Å². The quantitative estimate of drug-likeness (QED) is 0.879. The lowest BCUT2D eigenvalue weighted by Crippen LogP contribution is -2.21. The van der Waals surface area contributed by atoms with Gasteiger partial charge in [-0.15, -0.1) is 0 Å². The first kappa shape index (κ1) is 14.4. The molecule has 0 aliphatic heterocycles. The second-order valence-electron chi connectivity index (χ2n) is 4.26. The Kier molecular flexibility index (Phi) is 5.23. The van der Waals surface area contributed by atoms with Gasteiger partial charge in [-0.25, -0.2) is 0 Å². The van der Waals surface area contributed by atoms with Gasteiger partial charge in [0.15, 0.2) is 0 Å². The van der Waals surface area contributed by atoms with Crippen molar-refractivity contribution in [2.24, 2.45) is 0 Å². The molecule has 0 aliphatic rings. The van der Waals surface area contributed by atoms with Gasteiger partial charge >= 0.3 is 0 Å². The zero-order valence-electron chi connectivity index (χ0n) is 10.3. The molecule has 0 bridgehead atoms. The maximum absolute atomic E-state index is 10.0. The lowest BCUT2D eigenvalue weighted by atomic mass is 10.1. The van der Waals surface area contributed by atoms with Crippen molar-refractivity contribution in [1.29, 1.82) is 0 Å². The zero-order valence-corrected chi connectivity index (χ0v) is 11.8. The summed E-state index contributed by atoms with van der Waals surface area (Å²) >= 11 is 12.1. The molecule has 0 heterocycles. The molecular weight excluding hydrogens is 281 g/mol. The molecule has 2 aromatic carbocycles. The minimum absolute atomic E-state index is 0.450. The van der Waals surface area contributed by atoms with Gasteiger partial charge in [-0.2, -0.15) is 0 Å². The monoisotopic (exact) mass is 295 g/mol. The van der Waals surface area contributed by atoms with Gasteiger partial charge in [0.25, 0.3) is 0 Å². The van der Waals surface area contributed by atoms with E-state index in [1.807, 2.05) is 36.4 Å². The predicted octanol–water partition coefficient (Wildman–Crippen LogP) is 3.82. The number of hydrogen-bond donors (Lipinski definition) is 2. The highest BCUT2D eigenvalue weighted by Gasteiger charge is 2.08. The molecule has 0 fully saturated rings. The molecule has 2 aromatic rings. The van der Waals surface area contributed by atoms with Gasteiger partial charge in [0.1, 0.15) is 0 Å². The lowest BCUT2D eigenvalue weighted by molar-refractivity contribution is 0.174. The number of rotatable bonds is 5. The summed E-state index contributed by atoms with van der Waals surface area (Å²) in [6.45, 7) is 0.980. The molecule has 0 amide bonds. The van der Waals surface area contributed by atoms with E-state index in [4.69, 9.17) is 23.2 Å². The van der Waals surface area contributed by atoms with E-state index < -0.39 is 6.10 Å². The van der Waals surface area contributed by atoms with Gasteiger partial charge in [0, 0.05) is 28.7 Å². The Balaban J connectivity index is 1.90. The van der Waals surface area contributed by atoms with Gasteiger partial charge in [-0.05, 0) is 17.7 Å². The van der Waals surface area contributed by atoms with Crippen LogP contribution < -0.4 is 5.32 Å². The molecule has 2 rings (SSSR count). The highest BCUT2D eigenvalue weighted by molar-refractivity contribution is 6.35. The Morgan fingerprint density at radius 2 is 1.58 bits per heavy atom. The average Bonchev–Trinajstić information content (AvgIpc) is 2.43. The van der Waals surface area contributed by atoms with Gasteiger partial charge in [0.2, 0.25) is 0 Å². The minimum atomic E-state index is -0.539. The fourth-order valence-corrected chi connectivity index (χ4v) is 2.36. The normalized spacial score (nSPS) is 12.4. The predicted molar refractivity (Wildman–Crippen MR) is 79.6 cm³/mol. The molecular formula is C15H15Cl2NO. The summed E-state index contributed by atoms with van der Waals surface area (Å²) in [7, 11) is 0. The fraction of sp³-hybridized carbons (Fsp3) is 0.200. The van der Waals surface area contributed by atoms with E-state index in [0.29, 0.717) is 23.1 Å². The molecule has 19 heavy (non-hydrogen) atoms. The zero-order chi connectivity index (χ0) is 13.7. The van der Waals surface area contributed by atoms with Crippen molar-refractivity contribution in [3.63, 3.8) is 0 Å². The molecule has 2 nitrogen and oxygen atoms in total. The summed E-state index contributed by atoms with van der Waals surface area (Å²) < 4.78 is 0. The smallest absolute Gasteiger partial charge is 0.0914 e. The molecule has 0 aromatic heterocycles. The Hall–Kier alpha value is -1.06. The van der Waals surface area contributed by atoms with Gasteiger partial charge in [-0.1, -0.05) is 59.6 Å². The van der Waals surface area contributed by atoms with Crippen LogP contribution in [0.4, 0.5) is 0 Å². The van der Waals surface area contributed by atoms with Crippen molar-refractivity contribution in [1.82, 2.24) is 5.32 Å². The van der Waals surface area contributed by atoms with Crippen molar-refractivity contribution >= 4 is 23.2 Å². The third kappa shape index (κ3) is 3.95. The van der Waals surface area contributed by atoms with E-state index in [1.165, 1.54) is 0 Å². The maximum atomic E-state index is 10.0. The molecule has 4 heteroatoms. The first-order valence-corrected chi connectivity index (χ1v) is 6.80. The number of benzene rings is 2. The average molecular weight is 296 g/mol. The van der Waals surface area contributed by atoms with Crippen molar-refractivity contribution in [2.45, 2.75) is 12.6 Å². The number of aliphatic hydroxyl groups is 1. The third-order valence-electron chi connectivity index (χ3n) is 2.89. The molecule has 1 unspecified atom stereocenters. The number of nitrogens with one attached hydrogen (secondary N) is 1. The van der Waals surface area contributed by atoms with E-state index in [1.54, 1.807) is 12.1 Å². The molecule has 0 radical (unpaired) electrons. The van der Waals surface area contributed by atoms with E-state index >= 15 is 0 Å². The molecule has 0 saturated heterocycles. The summed E-state index contributed by atoms with van der Waals surface area (Å²) in [5, 5.41) is 14.4. The number of halogens is 2. The standard InChI is InChI=1S/C15H15Cl2NO/c16-13-7-4-8-14(17)12(13)9-18-10-15(19)11-5-2-1-3-6-11/h1-8,15,18-19H,9-10H2. The molecule has 100 valence electrons. The van der Waals surface area contributed by atoms with Crippen LogP contribution in [0.3, 0.4) is 0 Å². The van der Waals surface area contributed by atoms with Crippen molar-refractivity contribution in [2.75, 3.05) is 6.54 Å². The van der Waals surface area contributed by atoms with Crippen molar-refractivity contribution < 1.29 is 5.11 Å². The van der Waals surface area contributed by atoms with Crippen LogP contribution >= 0.6 is 23.2 Å². The van der Waals surface area contributed by atoms with Crippen LogP contribution in [-0.2, 0) is 6.54 Å². The summed E-state index contributed by atoms with van der Waals surface area (Å²) in [5.41, 5.74) is 1.74. The maximum Gasteiger partial charge on any atom is 0.0914 e. The highest BCUT2D eigenvalue weighted by atomic mass is 35.5. The Morgan fingerprint density at radius 3 is 2.21 bits per heavy atom. The van der Waals surface area contributed by atoms with Crippen molar-refractivity contribution in [3.05, 3.63) is 69.7 Å². The summed E-state index contributed by atoms with van der Waals surface area (Å²) in [6.07, 6.45) is -0.539. The Bertz CT molecular complexity index is 511. The molecule has 2 N–H and O–H groups in total. The van der Waals surface area contributed by atoms with Gasteiger partial charge in [-0.3, -0.25) is 0 Å². The minimum Gasteiger partial charge on any atom is -0.387 e. The van der Waals surface area contributed by atoms with Gasteiger partial charge < -0.3 is 10.4 Å². The first-order chi connectivity index (χ1) is 9.18. The SMILES string of the molecule is OC(CNCc1c(Cl)cccc1Cl)c1ccccc1. The summed E-state index contributed by atoms with van der Waals surface area (Å²) in [6, 6.07) is 15.0. The van der Waals surface area contributed by atoms with E-state index in [-0.39, 0.29) is 0 Å². The van der Waals surface area contributed by atoms with Crippen LogP contribution in [0.5, 0.6) is 0 Å². The Labute approximate surface area is 123 Å². The Morgan fingerprint density at radius 1 is 0.947 bits per heavy atom. The van der Waals surface area contributed by atoms with E-state index in [0.717, 1.165) is 11.1 Å². The van der Waals surface area contributed by atoms with Gasteiger partial charge in [0.05, 0.1) is 6.10 Å². The first-order valence-electron chi connectivity index (χ1n) is 6.05. The third-order valence-corrected chi connectivity index (χ3v) is 3.59. The lowest BCUT2D eigenvalue weighted by Gasteiger charge is -2.13. The van der Waals surface area contributed by atoms with Crippen LogP contribution in [0.25, 0.3) is 0 Å². The van der Waals surface area contributed by atoms with E-state index in [2.05, 4.69) is 5.32 Å². The molecule has 0 aliphatic carbocycles. The number of hydrogen-bond acceptors (Lipinski definition) is 2. The molecule has 1 atom stereocenters. The summed E-state index contributed by atoms with van der Waals surface area (Å²) in [4.78, 5) is 0. The van der Waals surface area contributed by atoms with Crippen LogP contribution in [0.1, 0.15) is 17.2 Å². The highest BCUT2D eigenvalue weighted by Crippen LogP contribution is 2.24. The second kappa shape index (κ2) is 6.92. The summed E-state index contributed by atoms with van der Waals surface area (Å²) in [5.74, 6) is 0.